The Morgan fingerprint density at radius 2 is 1.86 bits per heavy atom. The van der Waals surface area contributed by atoms with Gasteiger partial charge in [0.25, 0.3) is 0 Å². The van der Waals surface area contributed by atoms with Crippen LogP contribution in [0.1, 0.15) is 20.8 Å². The number of carbonyl (C=O) groups is 2. The average molecular weight is 396 g/mol. The first-order chi connectivity index (χ1) is 13.7. The first-order valence-corrected chi connectivity index (χ1v) is 9.46. The van der Waals surface area contributed by atoms with Crippen molar-refractivity contribution in [3.63, 3.8) is 0 Å². The van der Waals surface area contributed by atoms with Gasteiger partial charge in [-0.05, 0) is 26.8 Å². The molecule has 152 valence electrons. The molecule has 0 spiro atoms. The van der Waals surface area contributed by atoms with E-state index in [0.717, 1.165) is 22.3 Å². The second-order valence-electron chi connectivity index (χ2n) is 8.13. The van der Waals surface area contributed by atoms with Gasteiger partial charge in [0.2, 0.25) is 5.91 Å². The van der Waals surface area contributed by atoms with Crippen molar-refractivity contribution in [3.05, 3.63) is 36.9 Å². The minimum absolute atomic E-state index is 0.0139. The van der Waals surface area contributed by atoms with Crippen molar-refractivity contribution in [2.24, 2.45) is 7.05 Å². The molecule has 29 heavy (non-hydrogen) atoms. The van der Waals surface area contributed by atoms with Gasteiger partial charge in [-0.1, -0.05) is 6.07 Å². The molecule has 9 heteroatoms. The summed E-state index contributed by atoms with van der Waals surface area (Å²) in [6.07, 6.45) is 6.86. The Bertz CT molecular complexity index is 1080. The minimum atomic E-state index is -0.592. The molecule has 1 aliphatic heterocycles. The maximum absolute atomic E-state index is 12.7. The fourth-order valence-electron chi connectivity index (χ4n) is 3.33. The van der Waals surface area contributed by atoms with Crippen molar-refractivity contribution in [3.8, 4) is 11.1 Å². The summed E-state index contributed by atoms with van der Waals surface area (Å²) in [5.41, 5.74) is 2.95. The molecule has 0 bridgehead atoms. The molecule has 0 unspecified atom stereocenters. The highest BCUT2D eigenvalue weighted by Gasteiger charge is 2.32. The zero-order valence-electron chi connectivity index (χ0n) is 17.0. The number of nitrogens with zero attached hydrogens (tertiary/aromatic N) is 6. The van der Waals surface area contributed by atoms with Crippen LogP contribution in [0.3, 0.4) is 0 Å². The zero-order valence-corrected chi connectivity index (χ0v) is 17.0. The lowest BCUT2D eigenvalue weighted by molar-refractivity contribution is -0.121. The number of amides is 2. The van der Waals surface area contributed by atoms with Gasteiger partial charge in [0.05, 0.1) is 23.6 Å². The van der Waals surface area contributed by atoms with Gasteiger partial charge in [-0.2, -0.15) is 10.2 Å². The Balaban J connectivity index is 1.53. The molecule has 0 N–H and O–H groups in total. The molecular weight excluding hydrogens is 372 g/mol. The third kappa shape index (κ3) is 3.80. The van der Waals surface area contributed by atoms with Crippen LogP contribution in [0.2, 0.25) is 0 Å². The number of fused-ring (bicyclic) bond motifs is 1. The van der Waals surface area contributed by atoms with Gasteiger partial charge in [0, 0.05) is 43.7 Å². The molecule has 0 radical (unpaired) electrons. The largest absolute Gasteiger partial charge is 0.444 e. The molecule has 1 fully saturated rings. The normalized spacial score (nSPS) is 15.2. The van der Waals surface area contributed by atoms with Crippen molar-refractivity contribution in [2.75, 3.05) is 24.5 Å². The quantitative estimate of drug-likeness (QED) is 0.664. The molecule has 2 amide bonds. The number of piperazine rings is 1. The topological polar surface area (TPSA) is 85.0 Å². The van der Waals surface area contributed by atoms with E-state index >= 15 is 0 Å². The summed E-state index contributed by atoms with van der Waals surface area (Å²) < 4.78 is 8.87. The highest BCUT2D eigenvalue weighted by atomic mass is 16.6. The van der Waals surface area contributed by atoms with Crippen molar-refractivity contribution in [2.45, 2.75) is 26.4 Å². The van der Waals surface area contributed by atoms with Crippen LogP contribution in [0.4, 0.5) is 10.5 Å². The van der Waals surface area contributed by atoms with Crippen molar-refractivity contribution in [1.82, 2.24) is 24.3 Å². The van der Waals surface area contributed by atoms with E-state index in [1.54, 1.807) is 26.5 Å². The van der Waals surface area contributed by atoms with Crippen LogP contribution in [-0.2, 0) is 16.6 Å². The summed E-state index contributed by atoms with van der Waals surface area (Å²) in [5.74, 6) is -0.159. The first kappa shape index (κ1) is 19.0. The van der Waals surface area contributed by atoms with E-state index in [4.69, 9.17) is 4.74 Å². The lowest BCUT2D eigenvalue weighted by Gasteiger charge is -2.34. The summed E-state index contributed by atoms with van der Waals surface area (Å²) in [4.78, 5) is 28.1. The van der Waals surface area contributed by atoms with Crippen molar-refractivity contribution < 1.29 is 14.3 Å². The molecular formula is C20H24N6O3. The van der Waals surface area contributed by atoms with Crippen LogP contribution in [0, 0.1) is 0 Å². The highest BCUT2D eigenvalue weighted by Crippen LogP contribution is 2.27. The monoisotopic (exact) mass is 396 g/mol. The SMILES string of the molecule is Cn1cc(-c2ccc3c(N4CCN(C(=O)OC(C)(C)C)CC4=O)cnn3c2)cn1. The molecule has 4 heterocycles. The van der Waals surface area contributed by atoms with E-state index < -0.39 is 11.7 Å². The molecule has 3 aromatic heterocycles. The fourth-order valence-corrected chi connectivity index (χ4v) is 3.33. The summed E-state index contributed by atoms with van der Waals surface area (Å²) in [6.45, 7) is 6.21. The summed E-state index contributed by atoms with van der Waals surface area (Å²) in [6, 6.07) is 3.93. The van der Waals surface area contributed by atoms with Crippen molar-refractivity contribution in [1.29, 1.82) is 0 Å². The zero-order chi connectivity index (χ0) is 20.8. The number of ether oxygens (including phenoxy) is 1. The van der Waals surface area contributed by atoms with Crippen LogP contribution in [0.25, 0.3) is 16.6 Å². The van der Waals surface area contributed by atoms with E-state index in [0.29, 0.717) is 13.1 Å². The number of carbonyl (C=O) groups excluding carboxylic acids is 2. The molecule has 0 aromatic carbocycles. The van der Waals surface area contributed by atoms with Crippen LogP contribution in [-0.4, -0.2) is 61.5 Å². The number of hydrogen-bond donors (Lipinski definition) is 0. The first-order valence-electron chi connectivity index (χ1n) is 9.46. The van der Waals surface area contributed by atoms with Gasteiger partial charge in [0.15, 0.2) is 0 Å². The third-order valence-corrected chi connectivity index (χ3v) is 4.70. The number of hydrogen-bond acceptors (Lipinski definition) is 5. The number of aromatic nitrogens is 4. The number of anilines is 1. The van der Waals surface area contributed by atoms with Gasteiger partial charge in [-0.15, -0.1) is 0 Å². The molecule has 9 nitrogen and oxygen atoms in total. The molecule has 4 rings (SSSR count). The maximum atomic E-state index is 12.7. The molecule has 1 aliphatic rings. The standard InChI is InChI=1S/C20H24N6O3/c1-20(2,3)29-19(28)24-7-8-25(18(27)13-24)17-10-22-26-12-14(5-6-16(17)26)15-9-21-23(4)11-15/h5-6,9-12H,7-8,13H2,1-4H3. The Labute approximate surface area is 168 Å². The lowest BCUT2D eigenvalue weighted by atomic mass is 10.1. The van der Waals surface area contributed by atoms with E-state index in [1.807, 2.05) is 52.3 Å². The van der Waals surface area contributed by atoms with Crippen molar-refractivity contribution >= 4 is 23.2 Å². The molecule has 0 atom stereocenters. The van der Waals surface area contributed by atoms with Crippen LogP contribution < -0.4 is 4.90 Å². The molecule has 0 saturated carbocycles. The van der Waals surface area contributed by atoms with Crippen LogP contribution >= 0.6 is 0 Å². The maximum Gasteiger partial charge on any atom is 0.410 e. The second-order valence-corrected chi connectivity index (χ2v) is 8.13. The Hall–Kier alpha value is -3.36. The summed E-state index contributed by atoms with van der Waals surface area (Å²) in [5, 5.41) is 8.61. The highest BCUT2D eigenvalue weighted by molar-refractivity contribution is 6.00. The Kier molecular flexibility index (Phi) is 4.52. The van der Waals surface area contributed by atoms with Gasteiger partial charge in [-0.3, -0.25) is 14.4 Å². The minimum Gasteiger partial charge on any atom is -0.444 e. The summed E-state index contributed by atoms with van der Waals surface area (Å²) in [7, 11) is 1.87. The van der Waals surface area contributed by atoms with Gasteiger partial charge in [0.1, 0.15) is 12.1 Å². The predicted octanol–water partition coefficient (Wildman–Crippen LogP) is 2.32. The molecule has 1 saturated heterocycles. The number of pyridine rings is 1. The smallest absolute Gasteiger partial charge is 0.410 e. The van der Waals surface area contributed by atoms with Gasteiger partial charge >= 0.3 is 6.09 Å². The fraction of sp³-hybridized carbons (Fsp3) is 0.400. The average Bonchev–Trinajstić information content (AvgIpc) is 3.26. The molecule has 3 aromatic rings. The Morgan fingerprint density at radius 3 is 2.52 bits per heavy atom. The van der Waals surface area contributed by atoms with Gasteiger partial charge in [-0.25, -0.2) is 9.31 Å². The Morgan fingerprint density at radius 1 is 1.07 bits per heavy atom. The number of rotatable bonds is 2. The second kappa shape index (κ2) is 6.91. The number of aryl methyl sites for hydroxylation is 1. The van der Waals surface area contributed by atoms with E-state index in [2.05, 4.69) is 10.2 Å². The van der Waals surface area contributed by atoms with Crippen LogP contribution in [0.15, 0.2) is 36.9 Å². The van der Waals surface area contributed by atoms with E-state index in [9.17, 15) is 9.59 Å². The third-order valence-electron chi connectivity index (χ3n) is 4.70. The predicted molar refractivity (Wildman–Crippen MR) is 108 cm³/mol. The molecule has 0 aliphatic carbocycles. The summed E-state index contributed by atoms with van der Waals surface area (Å²) >= 11 is 0. The van der Waals surface area contributed by atoms with E-state index in [-0.39, 0.29) is 12.5 Å². The van der Waals surface area contributed by atoms with Gasteiger partial charge < -0.3 is 9.64 Å². The van der Waals surface area contributed by atoms with Crippen LogP contribution in [0.5, 0.6) is 0 Å². The lowest BCUT2D eigenvalue weighted by Crippen LogP contribution is -2.53. The van der Waals surface area contributed by atoms with E-state index in [1.165, 1.54) is 4.90 Å².